The lowest BCUT2D eigenvalue weighted by molar-refractivity contribution is -0.123. The van der Waals surface area contributed by atoms with Crippen molar-refractivity contribution in [3.8, 4) is 28.7 Å². The van der Waals surface area contributed by atoms with Crippen LogP contribution in [0.2, 0.25) is 5.02 Å². The Kier molecular flexibility index (Phi) is 9.13. The van der Waals surface area contributed by atoms with Crippen LogP contribution in [0.15, 0.2) is 59.7 Å². The molecule has 9 nitrogen and oxygen atoms in total. The number of methoxy groups -OCH3 is 3. The lowest BCUT2D eigenvalue weighted by atomic mass is 10.2. The van der Waals surface area contributed by atoms with E-state index in [0.29, 0.717) is 33.6 Å². The van der Waals surface area contributed by atoms with Gasteiger partial charge in [-0.15, -0.1) is 0 Å². The van der Waals surface area contributed by atoms with Gasteiger partial charge in [0.05, 0.1) is 33.1 Å². The molecule has 0 atom stereocenters. The van der Waals surface area contributed by atoms with Gasteiger partial charge in [-0.05, 0) is 72.6 Å². The second kappa shape index (κ2) is 12.5. The third-order valence-corrected chi connectivity index (χ3v) is 5.14. The van der Waals surface area contributed by atoms with E-state index in [9.17, 15) is 9.59 Å². The van der Waals surface area contributed by atoms with Gasteiger partial charge in [0.25, 0.3) is 5.91 Å². The van der Waals surface area contributed by atoms with Gasteiger partial charge in [0.2, 0.25) is 0 Å². The number of aryl methyl sites for hydroxylation is 1. The highest BCUT2D eigenvalue weighted by atomic mass is 35.5. The van der Waals surface area contributed by atoms with Crippen LogP contribution in [-0.2, 0) is 4.79 Å². The van der Waals surface area contributed by atoms with Crippen molar-refractivity contribution >= 4 is 29.7 Å². The first-order valence-electron chi connectivity index (χ1n) is 10.7. The summed E-state index contributed by atoms with van der Waals surface area (Å²) in [4.78, 5) is 24.6. The summed E-state index contributed by atoms with van der Waals surface area (Å²) < 4.78 is 26.7. The molecule has 0 saturated heterocycles. The number of nitrogens with zero attached hydrogens (tertiary/aromatic N) is 1. The van der Waals surface area contributed by atoms with E-state index in [4.69, 9.17) is 35.3 Å². The van der Waals surface area contributed by atoms with Crippen molar-refractivity contribution in [2.45, 2.75) is 6.92 Å². The second-order valence-electron chi connectivity index (χ2n) is 7.36. The number of carbonyl (C=O) groups excluding carboxylic acids is 2. The highest BCUT2D eigenvalue weighted by Crippen LogP contribution is 2.31. The Bertz CT molecular complexity index is 1280. The van der Waals surface area contributed by atoms with Gasteiger partial charge >= 0.3 is 5.97 Å². The van der Waals surface area contributed by atoms with E-state index in [1.807, 2.05) is 6.92 Å². The van der Waals surface area contributed by atoms with Gasteiger partial charge in [-0.3, -0.25) is 4.79 Å². The van der Waals surface area contributed by atoms with E-state index in [0.717, 1.165) is 5.56 Å². The molecule has 188 valence electrons. The monoisotopic (exact) mass is 512 g/mol. The molecule has 0 aliphatic heterocycles. The topological polar surface area (TPSA) is 105 Å². The van der Waals surface area contributed by atoms with Gasteiger partial charge in [-0.1, -0.05) is 11.6 Å². The zero-order chi connectivity index (χ0) is 26.1. The van der Waals surface area contributed by atoms with Crippen molar-refractivity contribution in [3.63, 3.8) is 0 Å². The van der Waals surface area contributed by atoms with Crippen LogP contribution in [0.25, 0.3) is 0 Å². The van der Waals surface area contributed by atoms with Crippen LogP contribution < -0.4 is 29.1 Å². The van der Waals surface area contributed by atoms with Gasteiger partial charge < -0.3 is 23.7 Å². The number of hydrazone groups is 1. The smallest absolute Gasteiger partial charge is 0.343 e. The predicted molar refractivity (Wildman–Crippen MR) is 135 cm³/mol. The molecule has 0 heterocycles. The zero-order valence-electron chi connectivity index (χ0n) is 20.2. The minimum absolute atomic E-state index is 0.213. The average Bonchev–Trinajstić information content (AvgIpc) is 2.88. The molecule has 0 fully saturated rings. The summed E-state index contributed by atoms with van der Waals surface area (Å²) in [7, 11) is 4.43. The Hall–Kier alpha value is -4.24. The molecule has 3 aromatic carbocycles. The molecule has 0 radical (unpaired) electrons. The van der Waals surface area contributed by atoms with Crippen molar-refractivity contribution in [1.29, 1.82) is 0 Å². The molecule has 10 heteroatoms. The van der Waals surface area contributed by atoms with E-state index in [1.165, 1.54) is 33.6 Å². The highest BCUT2D eigenvalue weighted by molar-refractivity contribution is 6.30. The van der Waals surface area contributed by atoms with Crippen LogP contribution in [0.4, 0.5) is 0 Å². The summed E-state index contributed by atoms with van der Waals surface area (Å²) >= 11 is 5.92. The molecule has 0 unspecified atom stereocenters. The fraction of sp³-hybridized carbons (Fsp3) is 0.192. The number of hydrogen-bond acceptors (Lipinski definition) is 8. The Labute approximate surface area is 213 Å². The molecule has 0 spiro atoms. The summed E-state index contributed by atoms with van der Waals surface area (Å²) in [5.41, 5.74) is 4.09. The van der Waals surface area contributed by atoms with Crippen molar-refractivity contribution in [2.24, 2.45) is 5.10 Å². The molecular weight excluding hydrogens is 488 g/mol. The van der Waals surface area contributed by atoms with Crippen molar-refractivity contribution < 1.29 is 33.3 Å². The standard InChI is InChI=1S/C26H25ClN2O7/c1-16-11-19(27)7-10-20(16)35-15-25(30)29-28-14-17-5-8-22(23(12-17)33-3)36-26(31)18-6-9-21(32-2)24(13-18)34-4/h5-14H,15H2,1-4H3,(H,29,30). The van der Waals surface area contributed by atoms with Crippen molar-refractivity contribution in [2.75, 3.05) is 27.9 Å². The van der Waals surface area contributed by atoms with E-state index < -0.39 is 11.9 Å². The Morgan fingerprint density at radius 1 is 0.861 bits per heavy atom. The van der Waals surface area contributed by atoms with E-state index in [-0.39, 0.29) is 17.9 Å². The second-order valence-corrected chi connectivity index (χ2v) is 7.80. The summed E-state index contributed by atoms with van der Waals surface area (Å²) in [6, 6.07) is 14.7. The fourth-order valence-electron chi connectivity index (χ4n) is 3.10. The Morgan fingerprint density at radius 2 is 1.53 bits per heavy atom. The first-order valence-corrected chi connectivity index (χ1v) is 11.1. The van der Waals surface area contributed by atoms with Crippen LogP contribution in [0, 0.1) is 6.92 Å². The number of ether oxygens (including phenoxy) is 5. The maximum Gasteiger partial charge on any atom is 0.343 e. The molecule has 0 aromatic heterocycles. The number of rotatable bonds is 10. The third-order valence-electron chi connectivity index (χ3n) is 4.91. The first-order chi connectivity index (χ1) is 17.3. The highest BCUT2D eigenvalue weighted by Gasteiger charge is 2.15. The SMILES string of the molecule is COc1ccc(C(=O)Oc2ccc(C=NNC(=O)COc3ccc(Cl)cc3C)cc2OC)cc1OC. The lowest BCUT2D eigenvalue weighted by Gasteiger charge is -2.12. The number of halogens is 1. The van der Waals surface area contributed by atoms with Gasteiger partial charge in [-0.25, -0.2) is 10.2 Å². The lowest BCUT2D eigenvalue weighted by Crippen LogP contribution is -2.24. The van der Waals surface area contributed by atoms with Crippen LogP contribution >= 0.6 is 11.6 Å². The minimum Gasteiger partial charge on any atom is -0.493 e. The molecule has 3 rings (SSSR count). The van der Waals surface area contributed by atoms with E-state index in [1.54, 1.807) is 48.5 Å². The number of nitrogens with one attached hydrogen (secondary N) is 1. The van der Waals surface area contributed by atoms with Crippen LogP contribution in [-0.4, -0.2) is 46.0 Å². The largest absolute Gasteiger partial charge is 0.493 e. The molecular formula is C26H25ClN2O7. The molecule has 0 saturated carbocycles. The van der Waals surface area contributed by atoms with Crippen LogP contribution in [0.1, 0.15) is 21.5 Å². The molecule has 3 aromatic rings. The van der Waals surface area contributed by atoms with Crippen molar-refractivity contribution in [3.05, 3.63) is 76.3 Å². The number of benzene rings is 3. The van der Waals surface area contributed by atoms with E-state index in [2.05, 4.69) is 10.5 Å². The summed E-state index contributed by atoms with van der Waals surface area (Å²) in [6.45, 7) is 1.62. The van der Waals surface area contributed by atoms with Gasteiger partial charge in [0, 0.05) is 5.02 Å². The van der Waals surface area contributed by atoms with Gasteiger partial charge in [-0.2, -0.15) is 5.10 Å². The van der Waals surface area contributed by atoms with Crippen LogP contribution in [0.3, 0.4) is 0 Å². The Morgan fingerprint density at radius 3 is 2.22 bits per heavy atom. The van der Waals surface area contributed by atoms with Crippen LogP contribution in [0.5, 0.6) is 28.7 Å². The average molecular weight is 513 g/mol. The number of esters is 1. The van der Waals surface area contributed by atoms with E-state index >= 15 is 0 Å². The summed E-state index contributed by atoms with van der Waals surface area (Å²) in [6.07, 6.45) is 1.42. The van der Waals surface area contributed by atoms with Crippen molar-refractivity contribution in [1.82, 2.24) is 5.43 Å². The molecule has 36 heavy (non-hydrogen) atoms. The number of carbonyl (C=O) groups is 2. The molecule has 0 bridgehead atoms. The number of hydrogen-bond donors (Lipinski definition) is 1. The predicted octanol–water partition coefficient (Wildman–Crippen LogP) is 4.42. The zero-order valence-corrected chi connectivity index (χ0v) is 20.9. The Balaban J connectivity index is 1.60. The first kappa shape index (κ1) is 26.4. The molecule has 0 aliphatic rings. The van der Waals surface area contributed by atoms with Gasteiger partial charge in [0.15, 0.2) is 29.6 Å². The third kappa shape index (κ3) is 6.89. The quantitative estimate of drug-likeness (QED) is 0.185. The maximum atomic E-state index is 12.6. The number of amides is 1. The normalized spacial score (nSPS) is 10.6. The fourth-order valence-corrected chi connectivity index (χ4v) is 3.33. The molecule has 1 N–H and O–H groups in total. The molecule has 1 amide bonds. The minimum atomic E-state index is -0.598. The maximum absolute atomic E-state index is 12.6. The summed E-state index contributed by atoms with van der Waals surface area (Å²) in [5.74, 6) is 0.939. The summed E-state index contributed by atoms with van der Waals surface area (Å²) in [5, 5.41) is 4.51. The van der Waals surface area contributed by atoms with Gasteiger partial charge in [0.1, 0.15) is 5.75 Å². The molecule has 0 aliphatic carbocycles.